The van der Waals surface area contributed by atoms with Crippen molar-refractivity contribution in [3.8, 4) is 0 Å². The first-order valence-electron chi connectivity index (χ1n) is 10.5. The maximum absolute atomic E-state index is 5.05. The van der Waals surface area contributed by atoms with E-state index >= 15 is 0 Å². The van der Waals surface area contributed by atoms with Crippen molar-refractivity contribution in [2.45, 2.75) is 6.92 Å². The van der Waals surface area contributed by atoms with Gasteiger partial charge in [-0.05, 0) is 17.4 Å². The van der Waals surface area contributed by atoms with Gasteiger partial charge in [0.05, 0.1) is 51.5 Å². The van der Waals surface area contributed by atoms with Crippen LogP contribution in [0.5, 0.6) is 0 Å². The molecule has 0 aromatic rings. The third-order valence-corrected chi connectivity index (χ3v) is 7.93. The molecule has 0 rings (SSSR count). The van der Waals surface area contributed by atoms with Gasteiger partial charge in [0.1, 0.15) is 0 Å². The summed E-state index contributed by atoms with van der Waals surface area (Å²) in [6.07, 6.45) is 5.95. The first-order chi connectivity index (χ1) is 15.6. The molecule has 0 heterocycles. The molecule has 8 heteroatoms. The second-order valence-electron chi connectivity index (χ2n) is 6.26. The maximum atomic E-state index is 5.05. The van der Waals surface area contributed by atoms with Crippen molar-refractivity contribution in [1.82, 2.24) is 0 Å². The van der Waals surface area contributed by atoms with Crippen LogP contribution in [0.3, 0.4) is 0 Å². The zero-order chi connectivity index (χ0) is 24.1. The monoisotopic (exact) mass is 522 g/mol. The molecule has 0 aliphatic heterocycles. The Labute approximate surface area is 214 Å². The minimum Gasteiger partial charge on any atom is -0.501 e. The van der Waals surface area contributed by atoms with E-state index in [1.54, 1.807) is 0 Å². The van der Waals surface area contributed by atoms with Gasteiger partial charge in [0.2, 0.25) is 0 Å². The fourth-order valence-electron chi connectivity index (χ4n) is 1.85. The molecule has 0 saturated heterocycles. The van der Waals surface area contributed by atoms with Crippen molar-refractivity contribution in [3.63, 3.8) is 0 Å². The van der Waals surface area contributed by atoms with Gasteiger partial charge in [0.25, 0.3) is 0 Å². The summed E-state index contributed by atoms with van der Waals surface area (Å²) >= 11 is 7.55. The summed E-state index contributed by atoms with van der Waals surface area (Å²) in [4.78, 5) is 0. The van der Waals surface area contributed by atoms with E-state index in [4.69, 9.17) is 18.9 Å². The predicted molar refractivity (Wildman–Crippen MR) is 152 cm³/mol. The van der Waals surface area contributed by atoms with E-state index in [1.165, 1.54) is 42.1 Å². The minimum absolute atomic E-state index is 0.724. The van der Waals surface area contributed by atoms with Gasteiger partial charge in [0, 0.05) is 34.5 Å². The van der Waals surface area contributed by atoms with E-state index in [1.807, 2.05) is 47.0 Å². The molecule has 0 aliphatic rings. The summed E-state index contributed by atoms with van der Waals surface area (Å²) in [7, 11) is 0. The van der Waals surface area contributed by atoms with Crippen LogP contribution < -0.4 is 0 Å². The van der Waals surface area contributed by atoms with Crippen molar-refractivity contribution >= 4 is 47.0 Å². The Balaban J connectivity index is 0. The van der Waals surface area contributed by atoms with E-state index in [-0.39, 0.29) is 0 Å². The standard InChI is InChI=1S/C12H22O2S2.C12H20O2S2/c2*1-4-13-6-8-15-10-12(3)11-16-9-7-14-5-2/h4-5,12H,1-2,6-11H2,3H3;4-5H,1-3,6-11H2. The fraction of sp³-hybridized carbons (Fsp3) is 0.583. The van der Waals surface area contributed by atoms with E-state index in [9.17, 15) is 0 Å². The molecule has 0 amide bonds. The van der Waals surface area contributed by atoms with Gasteiger partial charge in [-0.1, -0.05) is 45.4 Å². The van der Waals surface area contributed by atoms with Crippen LogP contribution in [0.25, 0.3) is 0 Å². The third-order valence-electron chi connectivity index (χ3n) is 3.27. The van der Waals surface area contributed by atoms with Crippen molar-refractivity contribution < 1.29 is 18.9 Å². The lowest BCUT2D eigenvalue weighted by Crippen LogP contribution is -2.05. The molecule has 0 aliphatic carbocycles. The second kappa shape index (κ2) is 30.3. The van der Waals surface area contributed by atoms with Crippen LogP contribution in [0, 0.1) is 5.92 Å². The van der Waals surface area contributed by atoms with Gasteiger partial charge in [-0.25, -0.2) is 0 Å². The Hall–Kier alpha value is -0.700. The first-order valence-corrected chi connectivity index (χ1v) is 15.1. The Bertz CT molecular complexity index is 423. The Morgan fingerprint density at radius 1 is 0.625 bits per heavy atom. The molecule has 4 nitrogen and oxygen atoms in total. The van der Waals surface area contributed by atoms with E-state index in [0.717, 1.165) is 66.9 Å². The number of rotatable bonds is 24. The van der Waals surface area contributed by atoms with Crippen LogP contribution >= 0.6 is 47.0 Å². The highest BCUT2D eigenvalue weighted by Crippen LogP contribution is 2.14. The number of hydrogen-bond donors (Lipinski definition) is 0. The summed E-state index contributed by atoms with van der Waals surface area (Å²) in [5.74, 6) is 9.16. The molecule has 32 heavy (non-hydrogen) atoms. The lowest BCUT2D eigenvalue weighted by molar-refractivity contribution is 0.274. The van der Waals surface area contributed by atoms with Gasteiger partial charge in [0.15, 0.2) is 0 Å². The fourth-order valence-corrected chi connectivity index (χ4v) is 5.43. The molecule has 0 fully saturated rings. The normalized spacial score (nSPS) is 9.81. The van der Waals surface area contributed by atoms with Crippen LogP contribution in [0.15, 0.2) is 63.5 Å². The second-order valence-corrected chi connectivity index (χ2v) is 10.8. The van der Waals surface area contributed by atoms with Crippen molar-refractivity contribution in [2.75, 3.05) is 72.5 Å². The maximum Gasteiger partial charge on any atom is 0.0963 e. The molecule has 0 saturated carbocycles. The zero-order valence-corrected chi connectivity index (χ0v) is 22.9. The van der Waals surface area contributed by atoms with Gasteiger partial charge >= 0.3 is 0 Å². The lowest BCUT2D eigenvalue weighted by Gasteiger charge is -2.10. The number of hydrogen-bond acceptors (Lipinski definition) is 8. The lowest BCUT2D eigenvalue weighted by atomic mass is 10.3. The van der Waals surface area contributed by atoms with Crippen molar-refractivity contribution in [1.29, 1.82) is 0 Å². The molecule has 0 spiro atoms. The van der Waals surface area contributed by atoms with Gasteiger partial charge in [-0.3, -0.25) is 0 Å². The molecular formula is C24H42O4S4. The summed E-state index contributed by atoms with van der Waals surface area (Å²) in [6, 6.07) is 0. The molecule has 0 aromatic heterocycles. The molecule has 0 aromatic carbocycles. The molecule has 0 radical (unpaired) electrons. The Morgan fingerprint density at radius 2 is 0.938 bits per heavy atom. The van der Waals surface area contributed by atoms with Gasteiger partial charge in [-0.15, -0.1) is 0 Å². The van der Waals surface area contributed by atoms with E-state index in [2.05, 4.69) is 39.8 Å². The summed E-state index contributed by atoms with van der Waals surface area (Å²) in [6.45, 7) is 23.3. The molecule has 0 unspecified atom stereocenters. The highest BCUT2D eigenvalue weighted by molar-refractivity contribution is 8.00. The van der Waals surface area contributed by atoms with Crippen molar-refractivity contribution in [3.05, 3.63) is 63.5 Å². The summed E-state index contributed by atoms with van der Waals surface area (Å²) in [5, 5.41) is 0. The average Bonchev–Trinajstić information content (AvgIpc) is 2.79. The van der Waals surface area contributed by atoms with Crippen molar-refractivity contribution in [2.24, 2.45) is 5.92 Å². The van der Waals surface area contributed by atoms with Crippen LogP contribution in [-0.4, -0.2) is 72.5 Å². The van der Waals surface area contributed by atoms with Crippen LogP contribution in [-0.2, 0) is 18.9 Å². The highest BCUT2D eigenvalue weighted by Gasteiger charge is 2.02. The van der Waals surface area contributed by atoms with Crippen LogP contribution in [0.4, 0.5) is 0 Å². The predicted octanol–water partition coefficient (Wildman–Crippen LogP) is 6.74. The first kappa shape index (κ1) is 33.5. The number of thioether (sulfide) groups is 4. The Kier molecular flexibility index (Phi) is 31.7. The van der Waals surface area contributed by atoms with E-state index < -0.39 is 0 Å². The number of ether oxygens (including phenoxy) is 4. The topological polar surface area (TPSA) is 36.9 Å². The van der Waals surface area contributed by atoms with Gasteiger partial charge in [-0.2, -0.15) is 47.0 Å². The van der Waals surface area contributed by atoms with E-state index in [0.29, 0.717) is 0 Å². The Morgan fingerprint density at radius 3 is 1.25 bits per heavy atom. The average molecular weight is 523 g/mol. The highest BCUT2D eigenvalue weighted by atomic mass is 32.2. The summed E-state index contributed by atoms with van der Waals surface area (Å²) in [5.41, 5.74) is 1.26. The summed E-state index contributed by atoms with van der Waals surface area (Å²) < 4.78 is 20.2. The quantitative estimate of drug-likeness (QED) is 0.0784. The zero-order valence-electron chi connectivity index (χ0n) is 19.7. The minimum atomic E-state index is 0.724. The van der Waals surface area contributed by atoms with Crippen LogP contribution in [0.1, 0.15) is 6.92 Å². The van der Waals surface area contributed by atoms with Gasteiger partial charge < -0.3 is 18.9 Å². The molecule has 0 bridgehead atoms. The molecule has 186 valence electrons. The van der Waals surface area contributed by atoms with Crippen LogP contribution in [0.2, 0.25) is 0 Å². The molecule has 0 N–H and O–H groups in total. The smallest absolute Gasteiger partial charge is 0.0963 e. The SMILES string of the molecule is C=COCCSCC(=C)CSCCOC=C.C=COCCSCC(C)CSCCOC=C. The molecular weight excluding hydrogens is 481 g/mol. The molecule has 0 atom stereocenters. The third kappa shape index (κ3) is 31.5. The largest absolute Gasteiger partial charge is 0.501 e.